The van der Waals surface area contributed by atoms with Crippen molar-refractivity contribution in [3.8, 4) is 0 Å². The van der Waals surface area contributed by atoms with E-state index >= 15 is 0 Å². The van der Waals surface area contributed by atoms with Gasteiger partial charge in [0.1, 0.15) is 4.99 Å². The topological polar surface area (TPSA) is 50.9 Å². The average molecular weight is 334 g/mol. The van der Waals surface area contributed by atoms with Crippen molar-refractivity contribution < 1.29 is 0 Å². The molecule has 3 N–H and O–H groups in total. The molecular formula is C15H12ClN3S2. The Morgan fingerprint density at radius 2 is 2.10 bits per heavy atom. The van der Waals surface area contributed by atoms with Crippen LogP contribution in [0.3, 0.4) is 0 Å². The van der Waals surface area contributed by atoms with E-state index in [1.807, 2.05) is 18.2 Å². The summed E-state index contributed by atoms with van der Waals surface area (Å²) in [6.07, 6.45) is 0. The second-order valence-electron chi connectivity index (χ2n) is 4.67. The van der Waals surface area contributed by atoms with Crippen LogP contribution in [0.2, 0.25) is 5.02 Å². The van der Waals surface area contributed by atoms with Crippen LogP contribution in [-0.4, -0.2) is 9.97 Å². The van der Waals surface area contributed by atoms with E-state index in [1.54, 1.807) is 23.5 Å². The van der Waals surface area contributed by atoms with Crippen LogP contribution in [0.4, 0.5) is 10.8 Å². The molecule has 6 heteroatoms. The summed E-state index contributed by atoms with van der Waals surface area (Å²) in [4.78, 5) is 4.88. The molecule has 106 valence electrons. The average Bonchev–Trinajstić information content (AvgIpc) is 2.79. The van der Waals surface area contributed by atoms with Crippen molar-refractivity contribution in [3.05, 3.63) is 52.5 Å². The van der Waals surface area contributed by atoms with E-state index in [2.05, 4.69) is 23.3 Å². The number of aryl methyl sites for hydroxylation is 1. The Morgan fingerprint density at radius 3 is 2.86 bits per heavy atom. The Morgan fingerprint density at radius 1 is 1.29 bits per heavy atom. The van der Waals surface area contributed by atoms with Crippen molar-refractivity contribution in [2.45, 2.75) is 6.92 Å². The predicted molar refractivity (Wildman–Crippen MR) is 95.0 cm³/mol. The van der Waals surface area contributed by atoms with E-state index < -0.39 is 0 Å². The lowest BCUT2D eigenvalue weighted by Crippen LogP contribution is -2.11. The fraction of sp³-hybridized carbons (Fsp3) is 0.0667. The molecular weight excluding hydrogens is 322 g/mol. The maximum Gasteiger partial charge on any atom is 0.188 e. The highest BCUT2D eigenvalue weighted by Gasteiger charge is 2.09. The van der Waals surface area contributed by atoms with E-state index in [0.717, 1.165) is 26.6 Å². The second-order valence-corrected chi connectivity index (χ2v) is 6.58. The molecule has 0 aliphatic rings. The number of benzene rings is 2. The number of hydrogen-bond acceptors (Lipinski definition) is 4. The van der Waals surface area contributed by atoms with Gasteiger partial charge in [-0.1, -0.05) is 41.2 Å². The number of anilines is 2. The first-order chi connectivity index (χ1) is 10.0. The molecule has 21 heavy (non-hydrogen) atoms. The minimum absolute atomic E-state index is 0.325. The summed E-state index contributed by atoms with van der Waals surface area (Å²) in [6.45, 7) is 2.06. The molecule has 0 amide bonds. The van der Waals surface area contributed by atoms with Crippen LogP contribution < -0.4 is 11.1 Å². The highest BCUT2D eigenvalue weighted by atomic mass is 35.5. The van der Waals surface area contributed by atoms with Crippen LogP contribution in [0.25, 0.3) is 10.2 Å². The molecule has 2 aromatic carbocycles. The van der Waals surface area contributed by atoms with Gasteiger partial charge in [-0.3, -0.25) is 0 Å². The third-order valence-corrected chi connectivity index (χ3v) is 4.42. The minimum atomic E-state index is 0.325. The van der Waals surface area contributed by atoms with Gasteiger partial charge in [-0.25, -0.2) is 4.98 Å². The van der Waals surface area contributed by atoms with Crippen LogP contribution in [-0.2, 0) is 0 Å². The van der Waals surface area contributed by atoms with Gasteiger partial charge in [-0.15, -0.1) is 0 Å². The third-order valence-electron chi connectivity index (χ3n) is 3.03. The molecule has 3 nitrogen and oxygen atoms in total. The summed E-state index contributed by atoms with van der Waals surface area (Å²) in [5.41, 5.74) is 9.45. The second kappa shape index (κ2) is 5.60. The fourth-order valence-electron chi connectivity index (χ4n) is 2.04. The smallest absolute Gasteiger partial charge is 0.188 e. The van der Waals surface area contributed by atoms with E-state index in [-0.39, 0.29) is 0 Å². The number of fused-ring (bicyclic) bond motifs is 1. The van der Waals surface area contributed by atoms with Gasteiger partial charge in [0, 0.05) is 10.6 Å². The predicted octanol–water partition coefficient (Wildman–Crippen LogP) is 4.64. The van der Waals surface area contributed by atoms with E-state index in [0.29, 0.717) is 10.0 Å². The summed E-state index contributed by atoms with van der Waals surface area (Å²) in [7, 11) is 0. The van der Waals surface area contributed by atoms with Crippen LogP contribution in [0.5, 0.6) is 0 Å². The van der Waals surface area contributed by atoms with Gasteiger partial charge < -0.3 is 11.1 Å². The monoisotopic (exact) mass is 333 g/mol. The van der Waals surface area contributed by atoms with Gasteiger partial charge in [-0.05, 0) is 42.8 Å². The standard InChI is InChI=1S/C15H12ClN3S2/c1-8-2-5-11-13(6-8)21-15(18-11)19-12-7-9(16)3-4-10(12)14(17)20/h2-7H,1H3,(H2,17,20)(H,18,19). The number of nitrogens with two attached hydrogens (primary N) is 1. The number of halogens is 1. The number of thiocarbonyl (C=S) groups is 1. The molecule has 0 aliphatic heterocycles. The van der Waals surface area contributed by atoms with Crippen molar-refractivity contribution in [1.82, 2.24) is 4.98 Å². The number of nitrogens with one attached hydrogen (secondary N) is 1. The zero-order valence-electron chi connectivity index (χ0n) is 11.2. The first kappa shape index (κ1) is 14.3. The Kier molecular flexibility index (Phi) is 3.80. The van der Waals surface area contributed by atoms with Gasteiger partial charge in [0.2, 0.25) is 0 Å². The maximum absolute atomic E-state index is 6.05. The summed E-state index contributed by atoms with van der Waals surface area (Å²) in [5, 5.41) is 4.67. The van der Waals surface area contributed by atoms with Gasteiger partial charge in [0.05, 0.1) is 15.9 Å². The normalized spacial score (nSPS) is 10.8. The molecule has 0 spiro atoms. The number of rotatable bonds is 3. The number of hydrogen-bond donors (Lipinski definition) is 2. The Balaban J connectivity index is 2.02. The number of nitrogens with zero attached hydrogens (tertiary/aromatic N) is 1. The molecule has 1 aromatic heterocycles. The Labute approximate surface area is 136 Å². The lowest BCUT2D eigenvalue weighted by Gasteiger charge is -2.09. The lowest BCUT2D eigenvalue weighted by molar-refractivity contribution is 1.42. The molecule has 3 aromatic rings. The molecule has 0 fully saturated rings. The summed E-state index contributed by atoms with van der Waals surface area (Å²) < 4.78 is 1.14. The van der Waals surface area contributed by atoms with Gasteiger partial charge in [0.15, 0.2) is 5.13 Å². The molecule has 3 rings (SSSR count). The zero-order chi connectivity index (χ0) is 15.0. The largest absolute Gasteiger partial charge is 0.389 e. The first-order valence-corrected chi connectivity index (χ1v) is 7.87. The third kappa shape index (κ3) is 3.00. The van der Waals surface area contributed by atoms with E-state index in [4.69, 9.17) is 29.6 Å². The van der Waals surface area contributed by atoms with Crippen LogP contribution in [0, 0.1) is 6.92 Å². The maximum atomic E-state index is 6.05. The van der Waals surface area contributed by atoms with Crippen molar-refractivity contribution in [2.24, 2.45) is 5.73 Å². The van der Waals surface area contributed by atoms with Crippen LogP contribution in [0.15, 0.2) is 36.4 Å². The van der Waals surface area contributed by atoms with Gasteiger partial charge in [-0.2, -0.15) is 0 Å². The number of thiazole rings is 1. The fourth-order valence-corrected chi connectivity index (χ4v) is 3.36. The first-order valence-electron chi connectivity index (χ1n) is 6.26. The zero-order valence-corrected chi connectivity index (χ0v) is 13.6. The summed E-state index contributed by atoms with van der Waals surface area (Å²) in [5.74, 6) is 0. The van der Waals surface area contributed by atoms with E-state index in [1.165, 1.54) is 5.56 Å². The highest BCUT2D eigenvalue weighted by Crippen LogP contribution is 2.31. The molecule has 0 unspecified atom stereocenters. The molecule has 0 atom stereocenters. The molecule has 1 heterocycles. The van der Waals surface area contributed by atoms with Gasteiger partial charge in [0.25, 0.3) is 0 Å². The van der Waals surface area contributed by atoms with Crippen molar-refractivity contribution >= 4 is 61.2 Å². The molecule has 0 saturated carbocycles. The highest BCUT2D eigenvalue weighted by molar-refractivity contribution is 7.80. The van der Waals surface area contributed by atoms with Crippen LogP contribution >= 0.6 is 35.2 Å². The lowest BCUT2D eigenvalue weighted by atomic mass is 10.2. The molecule has 0 radical (unpaired) electrons. The molecule has 0 bridgehead atoms. The summed E-state index contributed by atoms with van der Waals surface area (Å²) in [6, 6.07) is 11.6. The van der Waals surface area contributed by atoms with Gasteiger partial charge >= 0.3 is 0 Å². The van der Waals surface area contributed by atoms with Crippen molar-refractivity contribution in [3.63, 3.8) is 0 Å². The quantitative estimate of drug-likeness (QED) is 0.686. The summed E-state index contributed by atoms with van der Waals surface area (Å²) >= 11 is 12.7. The van der Waals surface area contributed by atoms with Crippen molar-refractivity contribution in [1.29, 1.82) is 0 Å². The van der Waals surface area contributed by atoms with Crippen LogP contribution in [0.1, 0.15) is 11.1 Å². The Hall–Kier alpha value is -1.69. The molecule has 0 aliphatic carbocycles. The Bertz CT molecular complexity index is 842. The SMILES string of the molecule is Cc1ccc2nc(Nc3cc(Cl)ccc3C(N)=S)sc2c1. The molecule has 0 saturated heterocycles. The van der Waals surface area contributed by atoms with Crippen molar-refractivity contribution in [2.75, 3.05) is 5.32 Å². The number of aromatic nitrogens is 1. The van der Waals surface area contributed by atoms with E-state index in [9.17, 15) is 0 Å². The minimum Gasteiger partial charge on any atom is -0.389 e.